The minimum absolute atomic E-state index is 0.0449. The second-order valence-corrected chi connectivity index (χ2v) is 7.98. The maximum absolute atomic E-state index is 13.3. The molecule has 1 aliphatic heterocycles. The molecule has 3 aromatic rings. The molecule has 26 heavy (non-hydrogen) atoms. The number of thiazole rings is 1. The van der Waals surface area contributed by atoms with Crippen molar-refractivity contribution in [2.45, 2.75) is 20.8 Å². The Morgan fingerprint density at radius 2 is 1.88 bits per heavy atom. The van der Waals surface area contributed by atoms with Crippen LogP contribution >= 0.6 is 11.3 Å². The maximum Gasteiger partial charge on any atom is 0.231 e. The van der Waals surface area contributed by atoms with E-state index in [2.05, 4.69) is 34.3 Å². The lowest BCUT2D eigenvalue weighted by atomic mass is 9.98. The smallest absolute Gasteiger partial charge is 0.231 e. The van der Waals surface area contributed by atoms with E-state index in [1.807, 2.05) is 13.8 Å². The molecule has 0 bridgehead atoms. The minimum Gasteiger partial charge on any atom is -0.346 e. The summed E-state index contributed by atoms with van der Waals surface area (Å²) in [4.78, 5) is 19.2. The zero-order valence-corrected chi connectivity index (χ0v) is 15.8. The van der Waals surface area contributed by atoms with E-state index in [4.69, 9.17) is 0 Å². The summed E-state index contributed by atoms with van der Waals surface area (Å²) in [6.45, 7) is 7.36. The molecule has 0 saturated carbocycles. The number of nitrogens with one attached hydrogen (secondary N) is 1. The van der Waals surface area contributed by atoms with Crippen molar-refractivity contribution >= 4 is 38.3 Å². The molecule has 1 aliphatic rings. The number of rotatable bonds is 3. The van der Waals surface area contributed by atoms with Gasteiger partial charge in [0, 0.05) is 18.8 Å². The highest BCUT2D eigenvalue weighted by atomic mass is 32.1. The number of aryl methyl sites for hydroxylation is 3. The summed E-state index contributed by atoms with van der Waals surface area (Å²) in [7, 11) is 0. The average molecular weight is 369 g/mol. The van der Waals surface area contributed by atoms with Gasteiger partial charge in [-0.05, 0) is 50.1 Å². The Balaban J connectivity index is 1.43. The number of halogens is 1. The first-order valence-electron chi connectivity index (χ1n) is 8.60. The summed E-state index contributed by atoms with van der Waals surface area (Å²) in [6.07, 6.45) is 0. The second kappa shape index (κ2) is 6.36. The van der Waals surface area contributed by atoms with Gasteiger partial charge < -0.3 is 10.2 Å². The molecule has 2 aromatic carbocycles. The van der Waals surface area contributed by atoms with E-state index in [-0.39, 0.29) is 17.6 Å². The van der Waals surface area contributed by atoms with Crippen LogP contribution in [-0.4, -0.2) is 24.0 Å². The first kappa shape index (κ1) is 17.0. The molecule has 1 aromatic heterocycles. The van der Waals surface area contributed by atoms with Crippen LogP contribution in [0.5, 0.6) is 0 Å². The van der Waals surface area contributed by atoms with E-state index < -0.39 is 0 Å². The van der Waals surface area contributed by atoms with Gasteiger partial charge in [-0.1, -0.05) is 29.0 Å². The van der Waals surface area contributed by atoms with E-state index in [1.54, 1.807) is 6.07 Å². The molecule has 0 spiro atoms. The second-order valence-electron chi connectivity index (χ2n) is 6.97. The largest absolute Gasteiger partial charge is 0.346 e. The lowest BCUT2D eigenvalue weighted by Gasteiger charge is -2.38. The number of fused-ring (bicyclic) bond motifs is 1. The summed E-state index contributed by atoms with van der Waals surface area (Å²) < 4.78 is 14.2. The molecule has 1 fully saturated rings. The Kier molecular flexibility index (Phi) is 4.15. The summed E-state index contributed by atoms with van der Waals surface area (Å²) in [5, 5.41) is 3.93. The summed E-state index contributed by atoms with van der Waals surface area (Å²) >= 11 is 1.46. The highest BCUT2D eigenvalue weighted by Crippen LogP contribution is 2.34. The third kappa shape index (κ3) is 3.05. The minimum atomic E-state index is -0.252. The Morgan fingerprint density at radius 3 is 2.58 bits per heavy atom. The van der Waals surface area contributed by atoms with Gasteiger partial charge in [0.15, 0.2) is 5.13 Å². The van der Waals surface area contributed by atoms with Gasteiger partial charge in [0.1, 0.15) is 5.82 Å². The molecule has 0 atom stereocenters. The number of carbonyl (C=O) groups is 1. The van der Waals surface area contributed by atoms with Crippen molar-refractivity contribution in [3.05, 3.63) is 52.8 Å². The van der Waals surface area contributed by atoms with Crippen molar-refractivity contribution in [2.24, 2.45) is 5.92 Å². The molecule has 134 valence electrons. The number of benzene rings is 2. The van der Waals surface area contributed by atoms with Gasteiger partial charge in [-0.3, -0.25) is 4.79 Å². The van der Waals surface area contributed by atoms with Crippen molar-refractivity contribution in [1.29, 1.82) is 0 Å². The molecule has 1 N–H and O–H groups in total. The standard InChI is InChI=1S/C20H20FN3OS/c1-11-6-12(2)18(13(3)7-11)23-19(25)14-9-24(10-14)20-22-16-5-4-15(21)8-17(16)26-20/h4-8,14H,9-10H2,1-3H3,(H,23,25). The molecular weight excluding hydrogens is 349 g/mol. The molecule has 0 radical (unpaired) electrons. The zero-order chi connectivity index (χ0) is 18.4. The van der Waals surface area contributed by atoms with Crippen LogP contribution in [-0.2, 0) is 4.79 Å². The molecule has 1 amide bonds. The SMILES string of the molecule is Cc1cc(C)c(NC(=O)C2CN(c3nc4ccc(F)cc4s3)C2)c(C)c1. The molecular formula is C20H20FN3OS. The van der Waals surface area contributed by atoms with Gasteiger partial charge in [-0.25, -0.2) is 9.37 Å². The van der Waals surface area contributed by atoms with Crippen LogP contribution in [0.15, 0.2) is 30.3 Å². The molecule has 6 heteroatoms. The number of hydrogen-bond acceptors (Lipinski definition) is 4. The third-order valence-corrected chi connectivity index (χ3v) is 5.87. The molecule has 2 heterocycles. The average Bonchev–Trinajstić information content (AvgIpc) is 2.91. The summed E-state index contributed by atoms with van der Waals surface area (Å²) in [5.41, 5.74) is 5.07. The van der Waals surface area contributed by atoms with E-state index in [0.29, 0.717) is 13.1 Å². The quantitative estimate of drug-likeness (QED) is 0.743. The lowest BCUT2D eigenvalue weighted by Crippen LogP contribution is -2.52. The van der Waals surface area contributed by atoms with Gasteiger partial charge in [-0.2, -0.15) is 0 Å². The normalized spacial score (nSPS) is 14.5. The van der Waals surface area contributed by atoms with Crippen LogP contribution in [0.25, 0.3) is 10.2 Å². The van der Waals surface area contributed by atoms with Gasteiger partial charge in [-0.15, -0.1) is 0 Å². The van der Waals surface area contributed by atoms with Gasteiger partial charge >= 0.3 is 0 Å². The number of nitrogens with zero attached hydrogens (tertiary/aromatic N) is 2. The van der Waals surface area contributed by atoms with Crippen LogP contribution in [0.2, 0.25) is 0 Å². The molecule has 0 aliphatic carbocycles. The Morgan fingerprint density at radius 1 is 1.19 bits per heavy atom. The Hall–Kier alpha value is -2.47. The van der Waals surface area contributed by atoms with Crippen molar-refractivity contribution in [1.82, 2.24) is 4.98 Å². The summed E-state index contributed by atoms with van der Waals surface area (Å²) in [6, 6.07) is 8.78. The fourth-order valence-electron chi connectivity index (χ4n) is 3.42. The molecule has 0 unspecified atom stereocenters. The van der Waals surface area contributed by atoms with Crippen molar-refractivity contribution < 1.29 is 9.18 Å². The van der Waals surface area contributed by atoms with Gasteiger partial charge in [0.2, 0.25) is 5.91 Å². The number of aromatic nitrogens is 1. The Bertz CT molecular complexity index is 984. The number of amides is 1. The topological polar surface area (TPSA) is 45.2 Å². The molecule has 4 nitrogen and oxygen atoms in total. The van der Waals surface area contributed by atoms with Crippen molar-refractivity contribution in [3.8, 4) is 0 Å². The lowest BCUT2D eigenvalue weighted by molar-refractivity contribution is -0.120. The van der Waals surface area contributed by atoms with Crippen LogP contribution < -0.4 is 10.2 Å². The molecule has 1 saturated heterocycles. The van der Waals surface area contributed by atoms with Crippen LogP contribution in [0.1, 0.15) is 16.7 Å². The van der Waals surface area contributed by atoms with Crippen molar-refractivity contribution in [3.63, 3.8) is 0 Å². The highest BCUT2D eigenvalue weighted by Gasteiger charge is 2.34. The predicted molar refractivity (Wildman–Crippen MR) is 105 cm³/mol. The van der Waals surface area contributed by atoms with Crippen molar-refractivity contribution in [2.75, 3.05) is 23.3 Å². The monoisotopic (exact) mass is 369 g/mol. The Labute approximate surface area is 155 Å². The van der Waals surface area contributed by atoms with Gasteiger partial charge in [0.05, 0.1) is 16.1 Å². The van der Waals surface area contributed by atoms with Crippen LogP contribution in [0, 0.1) is 32.5 Å². The first-order valence-corrected chi connectivity index (χ1v) is 9.42. The summed E-state index contributed by atoms with van der Waals surface area (Å²) in [5.74, 6) is -0.264. The third-order valence-electron chi connectivity index (χ3n) is 4.79. The van der Waals surface area contributed by atoms with Crippen LogP contribution in [0.3, 0.4) is 0 Å². The number of carbonyl (C=O) groups excluding carboxylic acids is 1. The number of anilines is 2. The zero-order valence-electron chi connectivity index (χ0n) is 15.0. The molecule has 4 rings (SSSR count). The predicted octanol–water partition coefficient (Wildman–Crippen LogP) is 4.44. The fraction of sp³-hybridized carbons (Fsp3) is 0.300. The fourth-order valence-corrected chi connectivity index (χ4v) is 4.43. The van der Waals surface area contributed by atoms with Gasteiger partial charge in [0.25, 0.3) is 0 Å². The van der Waals surface area contributed by atoms with E-state index in [0.717, 1.165) is 32.2 Å². The van der Waals surface area contributed by atoms with E-state index in [9.17, 15) is 9.18 Å². The van der Waals surface area contributed by atoms with E-state index >= 15 is 0 Å². The first-order chi connectivity index (χ1) is 12.4. The van der Waals surface area contributed by atoms with Crippen LogP contribution in [0.4, 0.5) is 15.2 Å². The van der Waals surface area contributed by atoms with E-state index in [1.165, 1.54) is 29.0 Å². The maximum atomic E-state index is 13.3. The number of hydrogen-bond donors (Lipinski definition) is 1. The highest BCUT2D eigenvalue weighted by molar-refractivity contribution is 7.22.